The van der Waals surface area contributed by atoms with Crippen molar-refractivity contribution < 1.29 is 18.7 Å². The number of benzene rings is 1. The fraction of sp³-hybridized carbons (Fsp3) is 0.444. The zero-order valence-corrected chi connectivity index (χ0v) is 17.5. The van der Waals surface area contributed by atoms with Gasteiger partial charge in [-0.25, -0.2) is 13.5 Å². The second-order valence-electron chi connectivity index (χ2n) is 6.86. The molecule has 2 N–H and O–H groups in total. The van der Waals surface area contributed by atoms with E-state index in [1.807, 2.05) is 0 Å². The maximum atomic E-state index is 14.8. The quantitative estimate of drug-likeness (QED) is 0.303. The Bertz CT molecular complexity index is 906. The van der Waals surface area contributed by atoms with Crippen LogP contribution in [-0.2, 0) is 11.3 Å². The minimum Gasteiger partial charge on any atom is -0.474 e. The van der Waals surface area contributed by atoms with Crippen LogP contribution in [0.15, 0.2) is 23.5 Å². The average Bonchev–Trinajstić information content (AvgIpc) is 3.21. The summed E-state index contributed by atoms with van der Waals surface area (Å²) < 4.78 is 35.7. The molecule has 1 aliphatic heterocycles. The maximum absolute atomic E-state index is 14.8. The van der Waals surface area contributed by atoms with Gasteiger partial charge in [-0.1, -0.05) is 10.4 Å². The van der Waals surface area contributed by atoms with Crippen LogP contribution >= 0.6 is 12.2 Å². The third-order valence-corrected chi connectivity index (χ3v) is 5.03. The first-order chi connectivity index (χ1) is 14.4. The van der Waals surface area contributed by atoms with Gasteiger partial charge in [0.05, 0.1) is 31.3 Å². The summed E-state index contributed by atoms with van der Waals surface area (Å²) in [6.07, 6.45) is 1.56. The second kappa shape index (κ2) is 9.76. The van der Waals surface area contributed by atoms with Gasteiger partial charge in [0.15, 0.2) is 11.6 Å². The molecule has 1 saturated heterocycles. The van der Waals surface area contributed by atoms with Crippen molar-refractivity contribution in [1.82, 2.24) is 25.2 Å². The first-order valence-corrected chi connectivity index (χ1v) is 9.69. The number of hydrogen-bond acceptors (Lipinski definition) is 8. The number of hydrogen-bond donors (Lipinski definition) is 2. The molecule has 1 fully saturated rings. The Morgan fingerprint density at radius 1 is 1.27 bits per heavy atom. The van der Waals surface area contributed by atoms with E-state index in [1.165, 1.54) is 23.9 Å². The Morgan fingerprint density at radius 3 is 2.53 bits per heavy atom. The van der Waals surface area contributed by atoms with E-state index < -0.39 is 11.6 Å². The van der Waals surface area contributed by atoms with Crippen molar-refractivity contribution in [2.45, 2.75) is 13.5 Å². The molecule has 2 aromatic rings. The molecule has 0 unspecified atom stereocenters. The molecule has 1 aromatic carbocycles. The molecule has 2 heterocycles. The summed E-state index contributed by atoms with van der Waals surface area (Å²) in [5.74, 6) is -1.33. The van der Waals surface area contributed by atoms with Gasteiger partial charge in [0.1, 0.15) is 11.4 Å². The molecule has 162 valence electrons. The van der Waals surface area contributed by atoms with E-state index in [4.69, 9.17) is 22.2 Å². The van der Waals surface area contributed by atoms with Crippen LogP contribution in [0.4, 0.5) is 14.5 Å². The van der Waals surface area contributed by atoms with Crippen LogP contribution in [0.1, 0.15) is 12.6 Å². The number of ether oxygens (including phenoxy) is 1. The van der Waals surface area contributed by atoms with E-state index in [-0.39, 0.29) is 23.1 Å². The Kier molecular flexibility index (Phi) is 7.11. The zero-order valence-electron chi connectivity index (χ0n) is 16.7. The smallest absolute Gasteiger partial charge is 0.256 e. The third-order valence-electron chi connectivity index (χ3n) is 4.72. The molecule has 0 atom stereocenters. The minimum absolute atomic E-state index is 0.0570. The van der Waals surface area contributed by atoms with Gasteiger partial charge in [-0.3, -0.25) is 4.90 Å². The standard InChI is InChI=1S/C18H23F2N7O2S/c1-12(23-28)10-25-3-5-26(6-4-25)17-15(19)7-14(8-16(17)20)27-11-13(22-24-27)9-21-18(30)29-2/h7-8,11,28H,3-6,9-10H2,1-2H3,(H,21,30). The molecule has 0 bridgehead atoms. The van der Waals surface area contributed by atoms with Crippen LogP contribution in [0.3, 0.4) is 0 Å². The van der Waals surface area contributed by atoms with Crippen molar-refractivity contribution in [3.05, 3.63) is 35.7 Å². The summed E-state index contributed by atoms with van der Waals surface area (Å²) in [6.45, 7) is 4.66. The molecule has 0 spiro atoms. The summed E-state index contributed by atoms with van der Waals surface area (Å²) in [4.78, 5) is 3.74. The summed E-state index contributed by atoms with van der Waals surface area (Å²) in [6, 6.07) is 2.47. The minimum atomic E-state index is -0.665. The van der Waals surface area contributed by atoms with E-state index >= 15 is 0 Å². The summed E-state index contributed by atoms with van der Waals surface area (Å²) in [7, 11) is 1.45. The van der Waals surface area contributed by atoms with E-state index in [2.05, 4.69) is 25.7 Å². The average molecular weight is 439 g/mol. The number of oxime groups is 1. The normalized spacial score (nSPS) is 15.3. The van der Waals surface area contributed by atoms with Gasteiger partial charge in [-0.05, 0) is 19.1 Å². The second-order valence-corrected chi connectivity index (χ2v) is 7.23. The summed E-state index contributed by atoms with van der Waals surface area (Å²) >= 11 is 4.89. The predicted octanol–water partition coefficient (Wildman–Crippen LogP) is 1.54. The Labute approximate surface area is 177 Å². The molecule has 30 heavy (non-hydrogen) atoms. The predicted molar refractivity (Wildman–Crippen MR) is 111 cm³/mol. The molecule has 0 saturated carbocycles. The third kappa shape index (κ3) is 5.19. The van der Waals surface area contributed by atoms with Gasteiger partial charge in [0.2, 0.25) is 0 Å². The molecule has 9 nitrogen and oxygen atoms in total. The highest BCUT2D eigenvalue weighted by atomic mass is 32.1. The number of thiocarbonyl (C=S) groups is 1. The first-order valence-electron chi connectivity index (χ1n) is 9.28. The van der Waals surface area contributed by atoms with Gasteiger partial charge in [0.25, 0.3) is 5.17 Å². The highest BCUT2D eigenvalue weighted by molar-refractivity contribution is 7.80. The van der Waals surface area contributed by atoms with Crippen molar-refractivity contribution in [1.29, 1.82) is 0 Å². The lowest BCUT2D eigenvalue weighted by molar-refractivity contribution is 0.278. The number of piperazine rings is 1. The molecular formula is C18H23F2N7O2S. The SMILES string of the molecule is COC(=S)NCc1cn(-c2cc(F)c(N3CCN(CC(C)=NO)CC3)c(F)c2)nn1. The zero-order chi connectivity index (χ0) is 21.7. The molecule has 0 radical (unpaired) electrons. The first kappa shape index (κ1) is 21.8. The highest BCUT2D eigenvalue weighted by Gasteiger charge is 2.24. The fourth-order valence-corrected chi connectivity index (χ4v) is 3.28. The monoisotopic (exact) mass is 439 g/mol. The Balaban J connectivity index is 1.69. The van der Waals surface area contributed by atoms with E-state index in [0.717, 1.165) is 0 Å². The van der Waals surface area contributed by atoms with Crippen molar-refractivity contribution in [2.75, 3.05) is 44.7 Å². The lowest BCUT2D eigenvalue weighted by atomic mass is 10.2. The number of halogens is 2. The molecule has 12 heteroatoms. The molecule has 0 amide bonds. The van der Waals surface area contributed by atoms with E-state index in [1.54, 1.807) is 18.0 Å². The number of aromatic nitrogens is 3. The number of nitrogens with zero attached hydrogens (tertiary/aromatic N) is 6. The van der Waals surface area contributed by atoms with Crippen molar-refractivity contribution in [2.24, 2.45) is 5.16 Å². The molecule has 1 aromatic heterocycles. The van der Waals surface area contributed by atoms with Gasteiger partial charge in [-0.2, -0.15) is 0 Å². The Hall–Kier alpha value is -2.86. The number of rotatable bonds is 6. The van der Waals surface area contributed by atoms with E-state index in [0.29, 0.717) is 44.1 Å². The van der Waals surface area contributed by atoms with Crippen LogP contribution < -0.4 is 10.2 Å². The lowest BCUT2D eigenvalue weighted by Crippen LogP contribution is -2.48. The molecular weight excluding hydrogens is 416 g/mol. The number of nitrogens with one attached hydrogen (secondary N) is 1. The maximum Gasteiger partial charge on any atom is 0.256 e. The van der Waals surface area contributed by atoms with Crippen molar-refractivity contribution >= 4 is 28.8 Å². The number of methoxy groups -OCH3 is 1. The topological polar surface area (TPSA) is 91.0 Å². The molecule has 3 rings (SSSR count). The van der Waals surface area contributed by atoms with Gasteiger partial charge in [-0.15, -0.1) is 5.10 Å². The van der Waals surface area contributed by atoms with Gasteiger partial charge in [0, 0.05) is 44.9 Å². The summed E-state index contributed by atoms with van der Waals surface area (Å²) in [5.41, 5.74) is 1.31. The van der Waals surface area contributed by atoms with E-state index in [9.17, 15) is 8.78 Å². The van der Waals surface area contributed by atoms with Crippen molar-refractivity contribution in [3.63, 3.8) is 0 Å². The van der Waals surface area contributed by atoms with Crippen LogP contribution in [0.2, 0.25) is 0 Å². The highest BCUT2D eigenvalue weighted by Crippen LogP contribution is 2.27. The van der Waals surface area contributed by atoms with Crippen LogP contribution in [0.25, 0.3) is 5.69 Å². The largest absolute Gasteiger partial charge is 0.474 e. The number of anilines is 1. The molecule has 0 aliphatic carbocycles. The van der Waals surface area contributed by atoms with Crippen LogP contribution in [0, 0.1) is 11.6 Å². The molecule has 1 aliphatic rings. The lowest BCUT2D eigenvalue weighted by Gasteiger charge is -2.36. The Morgan fingerprint density at radius 2 is 1.93 bits per heavy atom. The van der Waals surface area contributed by atoms with Gasteiger partial charge >= 0.3 is 0 Å². The fourth-order valence-electron chi connectivity index (χ4n) is 3.21. The van der Waals surface area contributed by atoms with Crippen LogP contribution in [-0.4, -0.2) is 75.8 Å². The van der Waals surface area contributed by atoms with Crippen LogP contribution in [0.5, 0.6) is 0 Å². The van der Waals surface area contributed by atoms with Crippen molar-refractivity contribution in [3.8, 4) is 5.69 Å². The van der Waals surface area contributed by atoms with Gasteiger partial charge < -0.3 is 20.2 Å². The summed E-state index contributed by atoms with van der Waals surface area (Å²) in [5, 5.41) is 22.9.